The summed E-state index contributed by atoms with van der Waals surface area (Å²) in [4.78, 5) is 13.8. The zero-order valence-electron chi connectivity index (χ0n) is 13.4. The van der Waals surface area contributed by atoms with Crippen molar-refractivity contribution in [2.24, 2.45) is 5.92 Å². The molecule has 1 fully saturated rings. The van der Waals surface area contributed by atoms with Crippen LogP contribution in [0.15, 0.2) is 29.2 Å². The number of sulfonamides is 1. The predicted octanol–water partition coefficient (Wildman–Crippen LogP) is 1.44. The van der Waals surface area contributed by atoms with Gasteiger partial charge in [-0.2, -0.15) is 9.57 Å². The highest BCUT2D eigenvalue weighted by Crippen LogP contribution is 2.21. The van der Waals surface area contributed by atoms with Crippen molar-refractivity contribution in [2.45, 2.75) is 25.2 Å². The minimum atomic E-state index is -3.70. The number of carbonyl (C=O) groups is 1. The average Bonchev–Trinajstić information content (AvgIpc) is 2.54. The number of hydrogen-bond acceptors (Lipinski definition) is 4. The van der Waals surface area contributed by atoms with E-state index in [1.54, 1.807) is 17.0 Å². The van der Waals surface area contributed by atoms with Crippen LogP contribution < -0.4 is 0 Å². The largest absolute Gasteiger partial charge is 0.340 e. The Morgan fingerprint density at radius 3 is 2.39 bits per heavy atom. The zero-order valence-corrected chi connectivity index (χ0v) is 14.2. The summed E-state index contributed by atoms with van der Waals surface area (Å²) in [5.41, 5.74) is 0.144. The average molecular weight is 335 g/mol. The highest BCUT2D eigenvalue weighted by Gasteiger charge is 2.31. The Labute approximate surface area is 137 Å². The molecular weight excluding hydrogens is 314 g/mol. The number of nitriles is 1. The minimum Gasteiger partial charge on any atom is -0.340 e. The summed E-state index contributed by atoms with van der Waals surface area (Å²) >= 11 is 0. The van der Waals surface area contributed by atoms with Gasteiger partial charge in [-0.25, -0.2) is 8.42 Å². The van der Waals surface area contributed by atoms with Gasteiger partial charge in [-0.15, -0.1) is 0 Å². The van der Waals surface area contributed by atoms with Crippen LogP contribution in [0.2, 0.25) is 0 Å². The molecule has 0 unspecified atom stereocenters. The molecule has 0 aliphatic carbocycles. The molecule has 1 aromatic carbocycles. The molecule has 1 aliphatic rings. The molecule has 0 spiro atoms. The molecule has 124 valence electrons. The number of amides is 1. The standard InChI is InChI=1S/C16H21N3O3S/c1-13(2)11-16(20)18-7-9-19(10-8-18)23(21,22)15-6-4-3-5-14(15)12-17/h3-6,13H,7-11H2,1-2H3. The lowest BCUT2D eigenvalue weighted by Crippen LogP contribution is -2.50. The van der Waals surface area contributed by atoms with Crippen LogP contribution in [-0.4, -0.2) is 49.7 Å². The van der Waals surface area contributed by atoms with Crippen LogP contribution in [0.1, 0.15) is 25.8 Å². The highest BCUT2D eigenvalue weighted by molar-refractivity contribution is 7.89. The topological polar surface area (TPSA) is 81.5 Å². The maximum atomic E-state index is 12.7. The second-order valence-electron chi connectivity index (χ2n) is 5.99. The second kappa shape index (κ2) is 7.11. The van der Waals surface area contributed by atoms with Crippen molar-refractivity contribution < 1.29 is 13.2 Å². The Morgan fingerprint density at radius 2 is 1.83 bits per heavy atom. The first-order valence-corrected chi connectivity index (χ1v) is 9.07. The van der Waals surface area contributed by atoms with Crippen molar-refractivity contribution in [1.29, 1.82) is 5.26 Å². The normalized spacial score (nSPS) is 16.3. The van der Waals surface area contributed by atoms with Gasteiger partial charge in [-0.05, 0) is 18.1 Å². The molecule has 1 heterocycles. The molecule has 1 saturated heterocycles. The molecule has 6 nitrogen and oxygen atoms in total. The smallest absolute Gasteiger partial charge is 0.244 e. The van der Waals surface area contributed by atoms with E-state index in [0.717, 1.165) is 0 Å². The second-order valence-corrected chi connectivity index (χ2v) is 7.90. The van der Waals surface area contributed by atoms with Gasteiger partial charge in [0.25, 0.3) is 0 Å². The number of hydrogen-bond donors (Lipinski definition) is 0. The molecule has 1 aliphatic heterocycles. The summed E-state index contributed by atoms with van der Waals surface area (Å²) in [6, 6.07) is 8.11. The Balaban J connectivity index is 2.10. The fourth-order valence-electron chi connectivity index (χ4n) is 2.58. The molecule has 0 N–H and O–H groups in total. The van der Waals surface area contributed by atoms with Crippen LogP contribution in [0.5, 0.6) is 0 Å². The summed E-state index contributed by atoms with van der Waals surface area (Å²) in [6.07, 6.45) is 0.476. The monoisotopic (exact) mass is 335 g/mol. The van der Waals surface area contributed by atoms with Gasteiger partial charge in [0.1, 0.15) is 6.07 Å². The first kappa shape index (κ1) is 17.4. The fraction of sp³-hybridized carbons (Fsp3) is 0.500. The summed E-state index contributed by atoms with van der Waals surface area (Å²) in [5, 5.41) is 9.09. The number of carbonyl (C=O) groups excluding carboxylic acids is 1. The quantitative estimate of drug-likeness (QED) is 0.834. The molecule has 7 heteroatoms. The van der Waals surface area contributed by atoms with Gasteiger partial charge >= 0.3 is 0 Å². The third-order valence-corrected chi connectivity index (χ3v) is 5.76. The van der Waals surface area contributed by atoms with Crippen molar-refractivity contribution in [1.82, 2.24) is 9.21 Å². The third-order valence-electron chi connectivity index (χ3n) is 3.80. The maximum absolute atomic E-state index is 12.7. The molecule has 0 atom stereocenters. The van der Waals surface area contributed by atoms with Crippen LogP contribution in [0.3, 0.4) is 0 Å². The van der Waals surface area contributed by atoms with Crippen LogP contribution in [0, 0.1) is 17.2 Å². The molecule has 0 aromatic heterocycles. The molecule has 0 radical (unpaired) electrons. The van der Waals surface area contributed by atoms with Gasteiger partial charge in [-0.3, -0.25) is 4.79 Å². The number of piperazine rings is 1. The number of nitrogens with zero attached hydrogens (tertiary/aromatic N) is 3. The third kappa shape index (κ3) is 3.89. The van der Waals surface area contributed by atoms with E-state index < -0.39 is 10.0 Å². The van der Waals surface area contributed by atoms with Crippen molar-refractivity contribution in [3.63, 3.8) is 0 Å². The van der Waals surface area contributed by atoms with E-state index in [1.165, 1.54) is 16.4 Å². The zero-order chi connectivity index (χ0) is 17.0. The van der Waals surface area contributed by atoms with Crippen molar-refractivity contribution >= 4 is 15.9 Å². The van der Waals surface area contributed by atoms with E-state index in [4.69, 9.17) is 5.26 Å². The van der Waals surface area contributed by atoms with E-state index >= 15 is 0 Å². The molecule has 1 amide bonds. The predicted molar refractivity (Wildman–Crippen MR) is 86.0 cm³/mol. The van der Waals surface area contributed by atoms with Crippen LogP contribution in [0.25, 0.3) is 0 Å². The lowest BCUT2D eigenvalue weighted by molar-refractivity contribution is -0.133. The van der Waals surface area contributed by atoms with Crippen molar-refractivity contribution in [2.75, 3.05) is 26.2 Å². The van der Waals surface area contributed by atoms with E-state index in [2.05, 4.69) is 0 Å². The lowest BCUT2D eigenvalue weighted by Gasteiger charge is -2.34. The fourth-order valence-corrected chi connectivity index (χ4v) is 4.14. The van der Waals surface area contributed by atoms with Gasteiger partial charge in [0.05, 0.1) is 10.5 Å². The Kier molecular flexibility index (Phi) is 5.39. The van der Waals surface area contributed by atoms with E-state index in [0.29, 0.717) is 19.5 Å². The summed E-state index contributed by atoms with van der Waals surface area (Å²) in [7, 11) is -3.70. The summed E-state index contributed by atoms with van der Waals surface area (Å²) in [5.74, 6) is 0.348. The SMILES string of the molecule is CC(C)CC(=O)N1CCN(S(=O)(=O)c2ccccc2C#N)CC1. The molecule has 23 heavy (non-hydrogen) atoms. The van der Waals surface area contributed by atoms with Crippen LogP contribution in [0.4, 0.5) is 0 Å². The van der Waals surface area contributed by atoms with Crippen LogP contribution in [-0.2, 0) is 14.8 Å². The first-order chi connectivity index (χ1) is 10.9. The Hall–Kier alpha value is -1.91. The summed E-state index contributed by atoms with van der Waals surface area (Å²) < 4.78 is 26.7. The summed E-state index contributed by atoms with van der Waals surface area (Å²) in [6.45, 7) is 5.26. The van der Waals surface area contributed by atoms with Gasteiger partial charge in [0.15, 0.2) is 0 Å². The number of benzene rings is 1. The number of rotatable bonds is 4. The Morgan fingerprint density at radius 1 is 1.22 bits per heavy atom. The van der Waals surface area contributed by atoms with Crippen molar-refractivity contribution in [3.05, 3.63) is 29.8 Å². The van der Waals surface area contributed by atoms with Gasteiger partial charge in [0, 0.05) is 32.6 Å². The molecular formula is C16H21N3O3S. The molecule has 2 rings (SSSR count). The maximum Gasteiger partial charge on any atom is 0.244 e. The minimum absolute atomic E-state index is 0.0319. The first-order valence-electron chi connectivity index (χ1n) is 7.63. The van der Waals surface area contributed by atoms with Gasteiger partial charge < -0.3 is 4.90 Å². The Bertz CT molecular complexity index is 714. The van der Waals surface area contributed by atoms with E-state index in [-0.39, 0.29) is 35.4 Å². The molecule has 1 aromatic rings. The van der Waals surface area contributed by atoms with Gasteiger partial charge in [0.2, 0.25) is 15.9 Å². The van der Waals surface area contributed by atoms with E-state index in [1.807, 2.05) is 19.9 Å². The van der Waals surface area contributed by atoms with E-state index in [9.17, 15) is 13.2 Å². The van der Waals surface area contributed by atoms with Gasteiger partial charge in [-0.1, -0.05) is 26.0 Å². The highest BCUT2D eigenvalue weighted by atomic mass is 32.2. The lowest BCUT2D eigenvalue weighted by atomic mass is 10.1. The molecule has 0 bridgehead atoms. The molecule has 0 saturated carbocycles. The van der Waals surface area contributed by atoms with Crippen LogP contribution >= 0.6 is 0 Å². The van der Waals surface area contributed by atoms with Crippen molar-refractivity contribution in [3.8, 4) is 6.07 Å².